The molecular formula is C10H18ClN3O2. The summed E-state index contributed by atoms with van der Waals surface area (Å²) in [6.07, 6.45) is 0.678. The van der Waals surface area contributed by atoms with E-state index in [4.69, 9.17) is 10.3 Å². The fourth-order valence-electron chi connectivity index (χ4n) is 1.31. The first-order chi connectivity index (χ1) is 7.10. The molecule has 1 aromatic heterocycles. The van der Waals surface area contributed by atoms with Crippen molar-refractivity contribution in [2.45, 2.75) is 33.2 Å². The molecule has 0 bridgehead atoms. The molecule has 0 radical (unpaired) electrons. The maximum Gasteiger partial charge on any atom is 0.257 e. The summed E-state index contributed by atoms with van der Waals surface area (Å²) in [5.74, 6) is 0.386. The minimum Gasteiger partial charge on any atom is -0.361 e. The van der Waals surface area contributed by atoms with E-state index in [2.05, 4.69) is 10.5 Å². The zero-order valence-electron chi connectivity index (χ0n) is 9.74. The molecule has 0 saturated carbocycles. The summed E-state index contributed by atoms with van der Waals surface area (Å²) in [5.41, 5.74) is 6.66. The van der Waals surface area contributed by atoms with Gasteiger partial charge in [-0.1, -0.05) is 12.1 Å². The Hall–Kier alpha value is -1.07. The van der Waals surface area contributed by atoms with Crippen LogP contribution in [0.4, 0.5) is 0 Å². The van der Waals surface area contributed by atoms with Gasteiger partial charge in [0.1, 0.15) is 11.3 Å². The smallest absolute Gasteiger partial charge is 0.257 e. The highest BCUT2D eigenvalue weighted by Crippen LogP contribution is 2.13. The van der Waals surface area contributed by atoms with Crippen molar-refractivity contribution in [2.75, 3.05) is 6.54 Å². The van der Waals surface area contributed by atoms with E-state index in [0.29, 0.717) is 30.0 Å². The third-order valence-corrected chi connectivity index (χ3v) is 2.23. The molecule has 0 aliphatic rings. The number of nitrogens with two attached hydrogens (primary N) is 1. The SMILES string of the molecule is CCc1noc(C)c1C(=O)N[C@H](C)CN.Cl. The molecule has 1 rings (SSSR count). The Kier molecular flexibility index (Phi) is 6.06. The highest BCUT2D eigenvalue weighted by atomic mass is 35.5. The Labute approximate surface area is 101 Å². The van der Waals surface area contributed by atoms with Gasteiger partial charge in [0.25, 0.3) is 5.91 Å². The van der Waals surface area contributed by atoms with Crippen LogP contribution in [0.15, 0.2) is 4.52 Å². The molecule has 5 nitrogen and oxygen atoms in total. The number of halogens is 1. The second-order valence-electron chi connectivity index (χ2n) is 3.52. The maximum atomic E-state index is 11.8. The van der Waals surface area contributed by atoms with E-state index < -0.39 is 0 Å². The van der Waals surface area contributed by atoms with Crippen LogP contribution in [-0.4, -0.2) is 23.7 Å². The highest BCUT2D eigenvalue weighted by molar-refractivity contribution is 5.96. The lowest BCUT2D eigenvalue weighted by Gasteiger charge is -2.10. The Morgan fingerprint density at radius 3 is 2.75 bits per heavy atom. The summed E-state index contributed by atoms with van der Waals surface area (Å²) >= 11 is 0. The third-order valence-electron chi connectivity index (χ3n) is 2.23. The van der Waals surface area contributed by atoms with E-state index in [9.17, 15) is 4.79 Å². The average Bonchev–Trinajstić information content (AvgIpc) is 2.59. The van der Waals surface area contributed by atoms with Crippen LogP contribution in [-0.2, 0) is 6.42 Å². The van der Waals surface area contributed by atoms with Crippen LogP contribution < -0.4 is 11.1 Å². The van der Waals surface area contributed by atoms with E-state index in [1.54, 1.807) is 6.92 Å². The Bertz CT molecular complexity index is 352. The van der Waals surface area contributed by atoms with Gasteiger partial charge in [0, 0.05) is 12.6 Å². The molecule has 92 valence electrons. The van der Waals surface area contributed by atoms with Crippen molar-refractivity contribution >= 4 is 18.3 Å². The molecule has 0 fully saturated rings. The number of carbonyl (C=O) groups excluding carboxylic acids is 1. The lowest BCUT2D eigenvalue weighted by molar-refractivity contribution is 0.0939. The predicted octanol–water partition coefficient (Wildman–Crippen LogP) is 1.04. The van der Waals surface area contributed by atoms with Crippen LogP contribution in [0.25, 0.3) is 0 Å². The summed E-state index contributed by atoms with van der Waals surface area (Å²) in [4.78, 5) is 11.8. The fourth-order valence-corrected chi connectivity index (χ4v) is 1.31. The van der Waals surface area contributed by atoms with Gasteiger partial charge < -0.3 is 15.6 Å². The van der Waals surface area contributed by atoms with E-state index in [-0.39, 0.29) is 24.4 Å². The van der Waals surface area contributed by atoms with Crippen LogP contribution in [0.5, 0.6) is 0 Å². The molecule has 0 aliphatic carbocycles. The van der Waals surface area contributed by atoms with Gasteiger partial charge in [0.15, 0.2) is 0 Å². The second-order valence-corrected chi connectivity index (χ2v) is 3.52. The van der Waals surface area contributed by atoms with Gasteiger partial charge in [0.2, 0.25) is 0 Å². The molecule has 6 heteroatoms. The van der Waals surface area contributed by atoms with Gasteiger partial charge in [-0.3, -0.25) is 4.79 Å². The number of carbonyl (C=O) groups is 1. The fraction of sp³-hybridized carbons (Fsp3) is 0.600. The maximum absolute atomic E-state index is 11.8. The van der Waals surface area contributed by atoms with Gasteiger partial charge in [-0.25, -0.2) is 0 Å². The minimum atomic E-state index is -0.163. The zero-order chi connectivity index (χ0) is 11.4. The molecule has 1 aromatic rings. The highest BCUT2D eigenvalue weighted by Gasteiger charge is 2.19. The van der Waals surface area contributed by atoms with E-state index in [0.717, 1.165) is 0 Å². The Morgan fingerprint density at radius 1 is 1.62 bits per heavy atom. The van der Waals surface area contributed by atoms with Crippen LogP contribution in [0, 0.1) is 6.92 Å². The first-order valence-electron chi connectivity index (χ1n) is 5.06. The van der Waals surface area contributed by atoms with Gasteiger partial charge in [-0.05, 0) is 20.3 Å². The van der Waals surface area contributed by atoms with Gasteiger partial charge >= 0.3 is 0 Å². The number of hydrogen-bond acceptors (Lipinski definition) is 4. The number of amides is 1. The van der Waals surface area contributed by atoms with Crippen molar-refractivity contribution in [3.05, 3.63) is 17.0 Å². The molecule has 0 aromatic carbocycles. The van der Waals surface area contributed by atoms with Crippen molar-refractivity contribution in [3.63, 3.8) is 0 Å². The molecule has 1 heterocycles. The Morgan fingerprint density at radius 2 is 2.25 bits per heavy atom. The lowest BCUT2D eigenvalue weighted by Crippen LogP contribution is -2.38. The largest absolute Gasteiger partial charge is 0.361 e. The van der Waals surface area contributed by atoms with E-state index >= 15 is 0 Å². The first-order valence-corrected chi connectivity index (χ1v) is 5.06. The number of nitrogens with one attached hydrogen (secondary N) is 1. The molecule has 0 spiro atoms. The molecule has 1 atom stereocenters. The van der Waals surface area contributed by atoms with E-state index in [1.807, 2.05) is 13.8 Å². The molecule has 16 heavy (non-hydrogen) atoms. The molecule has 3 N–H and O–H groups in total. The molecule has 0 aliphatic heterocycles. The number of aryl methyl sites for hydroxylation is 2. The summed E-state index contributed by atoms with van der Waals surface area (Å²) in [6, 6.07) is -0.0449. The lowest BCUT2D eigenvalue weighted by atomic mass is 10.1. The summed E-state index contributed by atoms with van der Waals surface area (Å²) < 4.78 is 4.98. The second kappa shape index (κ2) is 6.50. The average molecular weight is 248 g/mol. The van der Waals surface area contributed by atoms with Crippen LogP contribution in [0.3, 0.4) is 0 Å². The standard InChI is InChI=1S/C10H17N3O2.ClH/c1-4-8-9(7(3)15-13-8)10(14)12-6(2)5-11;/h6H,4-5,11H2,1-3H3,(H,12,14);1H/t6-;/m1./s1. The Balaban J connectivity index is 0.00000225. The minimum absolute atomic E-state index is 0. The van der Waals surface area contributed by atoms with Crippen molar-refractivity contribution in [3.8, 4) is 0 Å². The van der Waals surface area contributed by atoms with Crippen molar-refractivity contribution in [2.24, 2.45) is 5.73 Å². The topological polar surface area (TPSA) is 81.2 Å². The number of rotatable bonds is 4. The van der Waals surface area contributed by atoms with Crippen LogP contribution in [0.1, 0.15) is 35.7 Å². The van der Waals surface area contributed by atoms with Crippen LogP contribution in [0.2, 0.25) is 0 Å². The molecule has 1 amide bonds. The summed E-state index contributed by atoms with van der Waals surface area (Å²) in [6.45, 7) is 5.93. The molecule has 0 unspecified atom stereocenters. The number of aromatic nitrogens is 1. The first kappa shape index (κ1) is 14.9. The molecular weight excluding hydrogens is 230 g/mol. The monoisotopic (exact) mass is 247 g/mol. The van der Waals surface area contributed by atoms with Crippen LogP contribution >= 0.6 is 12.4 Å². The predicted molar refractivity (Wildman–Crippen MR) is 63.8 cm³/mol. The third kappa shape index (κ3) is 3.21. The van der Waals surface area contributed by atoms with Gasteiger partial charge in [-0.15, -0.1) is 12.4 Å². The normalized spacial score (nSPS) is 11.8. The van der Waals surface area contributed by atoms with Gasteiger partial charge in [-0.2, -0.15) is 0 Å². The number of nitrogens with zero attached hydrogens (tertiary/aromatic N) is 1. The summed E-state index contributed by atoms with van der Waals surface area (Å²) in [5, 5.41) is 6.60. The van der Waals surface area contributed by atoms with Crippen molar-refractivity contribution < 1.29 is 9.32 Å². The zero-order valence-corrected chi connectivity index (χ0v) is 10.6. The van der Waals surface area contributed by atoms with Crippen molar-refractivity contribution in [1.82, 2.24) is 10.5 Å². The quantitative estimate of drug-likeness (QED) is 0.833. The van der Waals surface area contributed by atoms with Gasteiger partial charge in [0.05, 0.1) is 5.69 Å². The number of hydrogen-bond donors (Lipinski definition) is 2. The van der Waals surface area contributed by atoms with Crippen molar-refractivity contribution in [1.29, 1.82) is 0 Å². The molecule has 0 saturated heterocycles. The summed E-state index contributed by atoms with van der Waals surface area (Å²) in [7, 11) is 0. The van der Waals surface area contributed by atoms with E-state index in [1.165, 1.54) is 0 Å².